The Morgan fingerprint density at radius 1 is 0.800 bits per heavy atom. The number of carbonyl (C=O) groups excluding carboxylic acids is 3. The Bertz CT molecular complexity index is 1190. The Morgan fingerprint density at radius 3 is 1.90 bits per heavy atom. The summed E-state index contributed by atoms with van der Waals surface area (Å²) in [7, 11) is 0. The van der Waals surface area contributed by atoms with Gasteiger partial charge in [-0.3, -0.25) is 24.0 Å². The number of aromatic nitrogens is 2. The van der Waals surface area contributed by atoms with Crippen molar-refractivity contribution in [2.75, 3.05) is 0 Å². The fraction of sp³-hybridized carbons (Fsp3) is 0.409. The standard InChI is InChI=1S/C22H24N2O6/c1-5-7-12-10(3)21(28)23-17-15(12)19(26)16-13(8-6-2)14(9-30-11(4)25)22(29)24-18(16)20(17)27/h5-9H2,1-4H3,(H,23,28)(H,24,29). The molecule has 158 valence electrons. The fourth-order valence-electron chi connectivity index (χ4n) is 3.94. The maximum atomic E-state index is 13.6. The van der Waals surface area contributed by atoms with Crippen molar-refractivity contribution in [1.29, 1.82) is 0 Å². The monoisotopic (exact) mass is 412 g/mol. The molecule has 0 atom stereocenters. The molecule has 0 aromatic carbocycles. The molecule has 0 fully saturated rings. The number of rotatable bonds is 6. The van der Waals surface area contributed by atoms with E-state index in [1.807, 2.05) is 13.8 Å². The van der Waals surface area contributed by atoms with Gasteiger partial charge in [-0.1, -0.05) is 26.7 Å². The maximum Gasteiger partial charge on any atom is 0.302 e. The minimum Gasteiger partial charge on any atom is -0.461 e. The van der Waals surface area contributed by atoms with E-state index in [9.17, 15) is 24.0 Å². The largest absolute Gasteiger partial charge is 0.461 e. The lowest BCUT2D eigenvalue weighted by Gasteiger charge is -2.24. The van der Waals surface area contributed by atoms with E-state index < -0.39 is 28.7 Å². The van der Waals surface area contributed by atoms with Gasteiger partial charge in [-0.05, 0) is 30.9 Å². The summed E-state index contributed by atoms with van der Waals surface area (Å²) >= 11 is 0. The number of fused-ring (bicyclic) bond motifs is 2. The van der Waals surface area contributed by atoms with Gasteiger partial charge in [0.15, 0.2) is 5.78 Å². The molecule has 0 saturated heterocycles. The van der Waals surface area contributed by atoms with E-state index >= 15 is 0 Å². The number of hydrogen-bond acceptors (Lipinski definition) is 6. The molecule has 0 bridgehead atoms. The Balaban J connectivity index is 2.35. The maximum absolute atomic E-state index is 13.6. The molecule has 1 aliphatic rings. The molecule has 2 N–H and O–H groups in total. The third-order valence-electron chi connectivity index (χ3n) is 5.34. The molecule has 2 heterocycles. The molecule has 1 aliphatic carbocycles. The Hall–Kier alpha value is -3.29. The number of ketones is 2. The summed E-state index contributed by atoms with van der Waals surface area (Å²) in [5.74, 6) is -1.56. The second kappa shape index (κ2) is 8.22. The number of pyridine rings is 2. The molecule has 0 radical (unpaired) electrons. The molecule has 0 saturated carbocycles. The number of nitrogens with one attached hydrogen (secondary N) is 2. The van der Waals surface area contributed by atoms with Gasteiger partial charge in [-0.25, -0.2) is 0 Å². The van der Waals surface area contributed by atoms with Crippen LogP contribution in [0, 0.1) is 6.92 Å². The third-order valence-corrected chi connectivity index (χ3v) is 5.34. The van der Waals surface area contributed by atoms with E-state index in [4.69, 9.17) is 4.74 Å². The molecular formula is C22H24N2O6. The van der Waals surface area contributed by atoms with E-state index in [0.717, 1.165) is 0 Å². The minimum atomic E-state index is -0.595. The van der Waals surface area contributed by atoms with Crippen molar-refractivity contribution >= 4 is 17.5 Å². The molecule has 0 spiro atoms. The zero-order chi connectivity index (χ0) is 22.2. The molecule has 3 rings (SSSR count). The van der Waals surface area contributed by atoms with Gasteiger partial charge in [0.25, 0.3) is 11.1 Å². The molecule has 30 heavy (non-hydrogen) atoms. The molecule has 8 heteroatoms. The zero-order valence-electron chi connectivity index (χ0n) is 17.5. The van der Waals surface area contributed by atoms with Crippen LogP contribution in [0.4, 0.5) is 0 Å². The quantitative estimate of drug-likeness (QED) is 0.597. The lowest BCUT2D eigenvalue weighted by atomic mass is 9.81. The first-order valence-corrected chi connectivity index (χ1v) is 9.99. The molecule has 0 unspecified atom stereocenters. The van der Waals surface area contributed by atoms with Gasteiger partial charge < -0.3 is 14.7 Å². The first-order valence-electron chi connectivity index (χ1n) is 9.99. The summed E-state index contributed by atoms with van der Waals surface area (Å²) in [6.07, 6.45) is 2.14. The highest BCUT2D eigenvalue weighted by Gasteiger charge is 2.37. The predicted octanol–water partition coefficient (Wildman–Crippen LogP) is 2.12. The van der Waals surface area contributed by atoms with Crippen LogP contribution in [0.2, 0.25) is 0 Å². The van der Waals surface area contributed by atoms with Gasteiger partial charge >= 0.3 is 5.97 Å². The van der Waals surface area contributed by atoms with Crippen LogP contribution in [-0.2, 0) is 29.0 Å². The average Bonchev–Trinajstić information content (AvgIpc) is 2.68. The van der Waals surface area contributed by atoms with Crippen molar-refractivity contribution < 1.29 is 19.1 Å². The van der Waals surface area contributed by atoms with Crippen LogP contribution in [0.1, 0.15) is 88.0 Å². The number of ether oxygens (including phenoxy) is 1. The summed E-state index contributed by atoms with van der Waals surface area (Å²) in [6.45, 7) is 6.38. The van der Waals surface area contributed by atoms with Crippen molar-refractivity contribution in [3.8, 4) is 0 Å². The number of hydrogen-bond donors (Lipinski definition) is 2. The number of esters is 1. The van der Waals surface area contributed by atoms with Crippen molar-refractivity contribution in [3.63, 3.8) is 0 Å². The van der Waals surface area contributed by atoms with E-state index in [2.05, 4.69) is 9.97 Å². The Morgan fingerprint density at radius 2 is 1.33 bits per heavy atom. The smallest absolute Gasteiger partial charge is 0.302 e. The first-order chi connectivity index (χ1) is 14.2. The van der Waals surface area contributed by atoms with E-state index in [1.54, 1.807) is 6.92 Å². The molecule has 0 aliphatic heterocycles. The van der Waals surface area contributed by atoms with E-state index in [0.29, 0.717) is 42.4 Å². The zero-order valence-corrected chi connectivity index (χ0v) is 17.5. The van der Waals surface area contributed by atoms with Crippen LogP contribution in [-0.4, -0.2) is 27.5 Å². The lowest BCUT2D eigenvalue weighted by Crippen LogP contribution is -2.34. The second-order valence-corrected chi connectivity index (χ2v) is 7.41. The highest BCUT2D eigenvalue weighted by molar-refractivity contribution is 6.28. The van der Waals surface area contributed by atoms with Crippen molar-refractivity contribution in [1.82, 2.24) is 9.97 Å². The second-order valence-electron chi connectivity index (χ2n) is 7.41. The van der Waals surface area contributed by atoms with Gasteiger partial charge in [0.1, 0.15) is 18.0 Å². The van der Waals surface area contributed by atoms with Crippen LogP contribution in [0.5, 0.6) is 0 Å². The summed E-state index contributed by atoms with van der Waals surface area (Å²) in [6, 6.07) is 0. The van der Waals surface area contributed by atoms with Gasteiger partial charge in [0, 0.05) is 12.5 Å². The van der Waals surface area contributed by atoms with Crippen LogP contribution in [0.15, 0.2) is 9.59 Å². The molecule has 2 aromatic heterocycles. The minimum absolute atomic E-state index is 0.0858. The third kappa shape index (κ3) is 3.42. The summed E-state index contributed by atoms with van der Waals surface area (Å²) in [5, 5.41) is 0. The van der Waals surface area contributed by atoms with Crippen LogP contribution in [0.25, 0.3) is 0 Å². The Labute approximate surface area is 172 Å². The Kier molecular flexibility index (Phi) is 5.87. The van der Waals surface area contributed by atoms with Crippen molar-refractivity contribution in [3.05, 3.63) is 65.5 Å². The molecule has 2 aromatic rings. The SMILES string of the molecule is CCCc1c2c([nH]c(=O)c1C)C(=O)c1[nH]c(=O)c(COC(C)=O)c(CCC)c1C2=O. The van der Waals surface area contributed by atoms with Gasteiger partial charge in [-0.2, -0.15) is 0 Å². The topological polar surface area (TPSA) is 126 Å². The molecule has 0 amide bonds. The van der Waals surface area contributed by atoms with Crippen molar-refractivity contribution in [2.45, 2.75) is 60.0 Å². The van der Waals surface area contributed by atoms with Crippen LogP contribution in [0.3, 0.4) is 0 Å². The van der Waals surface area contributed by atoms with Crippen molar-refractivity contribution in [2.24, 2.45) is 0 Å². The molecule has 8 nitrogen and oxygen atoms in total. The number of aromatic amines is 2. The normalized spacial score (nSPS) is 12.5. The average molecular weight is 412 g/mol. The fourth-order valence-corrected chi connectivity index (χ4v) is 3.94. The van der Waals surface area contributed by atoms with Gasteiger partial charge in [0.05, 0.1) is 16.7 Å². The number of H-pyrrole nitrogens is 2. The highest BCUT2D eigenvalue weighted by atomic mass is 16.5. The van der Waals surface area contributed by atoms with Crippen LogP contribution < -0.4 is 11.1 Å². The lowest BCUT2D eigenvalue weighted by molar-refractivity contribution is -0.142. The van der Waals surface area contributed by atoms with E-state index in [-0.39, 0.29) is 34.7 Å². The summed E-state index contributed by atoms with van der Waals surface area (Å²) in [5.41, 5.74) is 0.607. The van der Waals surface area contributed by atoms with E-state index in [1.165, 1.54) is 6.92 Å². The van der Waals surface area contributed by atoms with Crippen LogP contribution >= 0.6 is 0 Å². The predicted molar refractivity (Wildman–Crippen MR) is 109 cm³/mol. The molecular weight excluding hydrogens is 388 g/mol. The highest BCUT2D eigenvalue weighted by Crippen LogP contribution is 2.31. The number of carbonyl (C=O) groups is 3. The van der Waals surface area contributed by atoms with Gasteiger partial charge in [-0.15, -0.1) is 0 Å². The summed E-state index contributed by atoms with van der Waals surface area (Å²) in [4.78, 5) is 68.1. The summed E-state index contributed by atoms with van der Waals surface area (Å²) < 4.78 is 5.01. The first kappa shape index (κ1) is 21.4. The van der Waals surface area contributed by atoms with Gasteiger partial charge in [0.2, 0.25) is 5.78 Å².